The fraction of sp³-hybridized carbons (Fsp3) is 0.611. The van der Waals surface area contributed by atoms with Gasteiger partial charge in [0, 0.05) is 6.54 Å². The third-order valence-electron chi connectivity index (χ3n) is 4.37. The largest absolute Gasteiger partial charge is 0.481 e. The van der Waals surface area contributed by atoms with Crippen LogP contribution in [0, 0.1) is 0 Å². The number of carbonyl (C=O) groups is 6. The third-order valence-corrected chi connectivity index (χ3v) is 4.37. The molecular formula is C18H31N7O10. The Balaban J connectivity index is 5.56. The van der Waals surface area contributed by atoms with Crippen LogP contribution in [0.3, 0.4) is 0 Å². The first-order valence-electron chi connectivity index (χ1n) is 10.2. The van der Waals surface area contributed by atoms with E-state index in [1.54, 1.807) is 0 Å². The van der Waals surface area contributed by atoms with Crippen LogP contribution >= 0.6 is 0 Å². The highest BCUT2D eigenvalue weighted by molar-refractivity contribution is 5.95. The minimum atomic E-state index is -1.85. The Morgan fingerprint density at radius 2 is 1.37 bits per heavy atom. The Bertz CT molecular complexity index is 828. The number of carbonyl (C=O) groups excluding carboxylic acids is 3. The second kappa shape index (κ2) is 15.0. The molecule has 35 heavy (non-hydrogen) atoms. The van der Waals surface area contributed by atoms with E-state index >= 15 is 0 Å². The molecule has 0 rings (SSSR count). The first kappa shape index (κ1) is 31.0. The summed E-state index contributed by atoms with van der Waals surface area (Å²) in [5.74, 6) is -7.95. The number of hydrogen-bond donors (Lipinski definition) is 10. The molecule has 5 unspecified atom stereocenters. The number of carboxylic acids is 3. The monoisotopic (exact) mass is 505 g/mol. The number of amides is 3. The van der Waals surface area contributed by atoms with Crippen molar-refractivity contribution in [2.45, 2.75) is 62.9 Å². The van der Waals surface area contributed by atoms with Gasteiger partial charge >= 0.3 is 17.9 Å². The average molecular weight is 505 g/mol. The molecule has 0 aliphatic heterocycles. The number of nitrogens with zero attached hydrogens (tertiary/aromatic N) is 1. The van der Waals surface area contributed by atoms with E-state index < -0.39 is 78.7 Å². The Labute approximate surface area is 199 Å². The van der Waals surface area contributed by atoms with Crippen molar-refractivity contribution in [2.75, 3.05) is 6.54 Å². The van der Waals surface area contributed by atoms with Crippen LogP contribution in [0.25, 0.3) is 0 Å². The molecule has 0 aliphatic carbocycles. The third kappa shape index (κ3) is 12.7. The second-order valence-corrected chi connectivity index (χ2v) is 7.44. The molecule has 0 fully saturated rings. The number of aliphatic imine (C=N–C) groups is 1. The highest BCUT2D eigenvalue weighted by Gasteiger charge is 2.33. The van der Waals surface area contributed by atoms with E-state index in [4.69, 9.17) is 32.5 Å². The fourth-order valence-corrected chi connectivity index (χ4v) is 2.63. The number of hydrogen-bond acceptors (Lipinski definition) is 9. The lowest BCUT2D eigenvalue weighted by atomic mass is 10.1. The molecule has 0 heterocycles. The van der Waals surface area contributed by atoms with Gasteiger partial charge in [-0.2, -0.15) is 0 Å². The summed E-state index contributed by atoms with van der Waals surface area (Å²) in [6, 6.07) is -6.45. The van der Waals surface area contributed by atoms with E-state index in [0.29, 0.717) is 0 Å². The zero-order chi connectivity index (χ0) is 27.3. The van der Waals surface area contributed by atoms with E-state index in [0.717, 1.165) is 6.92 Å². The minimum absolute atomic E-state index is 0.0545. The maximum atomic E-state index is 12.8. The second-order valence-electron chi connectivity index (χ2n) is 7.44. The van der Waals surface area contributed by atoms with Gasteiger partial charge in [0.2, 0.25) is 17.7 Å². The number of guanidine groups is 1. The molecule has 0 aromatic rings. The molecule has 198 valence electrons. The van der Waals surface area contributed by atoms with Gasteiger partial charge in [-0.15, -0.1) is 0 Å². The molecule has 0 aromatic heterocycles. The highest BCUT2D eigenvalue weighted by atomic mass is 16.4. The van der Waals surface area contributed by atoms with Crippen LogP contribution in [0.4, 0.5) is 0 Å². The van der Waals surface area contributed by atoms with E-state index in [2.05, 4.69) is 15.6 Å². The summed E-state index contributed by atoms with van der Waals surface area (Å²) in [5, 5.41) is 42.9. The zero-order valence-electron chi connectivity index (χ0n) is 18.8. The number of aliphatic hydroxyl groups excluding tert-OH is 1. The summed E-state index contributed by atoms with van der Waals surface area (Å²) in [7, 11) is 0. The quantitative estimate of drug-likeness (QED) is 0.0535. The summed E-state index contributed by atoms with van der Waals surface area (Å²) in [6.45, 7) is 1.16. The summed E-state index contributed by atoms with van der Waals surface area (Å²) in [6.07, 6.45) is -3.21. The van der Waals surface area contributed by atoms with Gasteiger partial charge in [-0.05, 0) is 19.8 Å². The first-order chi connectivity index (χ1) is 16.1. The highest BCUT2D eigenvalue weighted by Crippen LogP contribution is 2.04. The van der Waals surface area contributed by atoms with Gasteiger partial charge in [0.05, 0.1) is 25.0 Å². The topological polar surface area (TPSA) is 310 Å². The van der Waals surface area contributed by atoms with Gasteiger partial charge in [0.15, 0.2) is 5.96 Å². The fourth-order valence-electron chi connectivity index (χ4n) is 2.63. The molecule has 0 spiro atoms. The number of nitrogens with two attached hydrogens (primary N) is 3. The smallest absolute Gasteiger partial charge is 0.326 e. The van der Waals surface area contributed by atoms with Gasteiger partial charge in [0.1, 0.15) is 18.1 Å². The predicted octanol–water partition coefficient (Wildman–Crippen LogP) is -4.76. The van der Waals surface area contributed by atoms with Gasteiger partial charge in [-0.3, -0.25) is 29.0 Å². The van der Waals surface area contributed by atoms with Crippen molar-refractivity contribution >= 4 is 41.6 Å². The molecule has 17 nitrogen and oxygen atoms in total. The first-order valence-corrected chi connectivity index (χ1v) is 10.2. The molecule has 0 aliphatic rings. The van der Waals surface area contributed by atoms with E-state index in [1.165, 1.54) is 0 Å². The van der Waals surface area contributed by atoms with Crippen molar-refractivity contribution in [3.05, 3.63) is 0 Å². The molecular weight excluding hydrogens is 474 g/mol. The summed E-state index contributed by atoms with van der Waals surface area (Å²) < 4.78 is 0. The van der Waals surface area contributed by atoms with E-state index in [-0.39, 0.29) is 25.3 Å². The van der Waals surface area contributed by atoms with Gasteiger partial charge in [-0.25, -0.2) is 4.79 Å². The number of nitrogens with one attached hydrogen (secondary N) is 3. The van der Waals surface area contributed by atoms with Crippen LogP contribution in [0.1, 0.15) is 32.6 Å². The minimum Gasteiger partial charge on any atom is -0.481 e. The Kier molecular flexibility index (Phi) is 13.3. The van der Waals surface area contributed by atoms with Crippen LogP contribution in [-0.2, 0) is 28.8 Å². The van der Waals surface area contributed by atoms with E-state index in [1.807, 2.05) is 5.32 Å². The molecule has 0 aromatic carbocycles. The molecule has 0 radical (unpaired) electrons. The molecule has 3 amide bonds. The van der Waals surface area contributed by atoms with Crippen LogP contribution < -0.4 is 33.2 Å². The van der Waals surface area contributed by atoms with Crippen LogP contribution in [-0.4, -0.2) is 98.8 Å². The number of carboxylic acid groups (broad SMARTS) is 3. The predicted molar refractivity (Wildman–Crippen MR) is 118 cm³/mol. The van der Waals surface area contributed by atoms with Crippen molar-refractivity contribution in [3.63, 3.8) is 0 Å². The standard InChI is InChI=1S/C18H31N7O10/c1-7(26)13(16(33)24-10(17(34)35)6-12(29)30)25-15(32)9(3-2-4-22-18(20)21)23-14(31)8(19)5-11(27)28/h7-10,13,26H,2-6,19H2,1H3,(H,23,31)(H,24,33)(H,25,32)(H,27,28)(H,29,30)(H,34,35)(H4,20,21,22). The zero-order valence-corrected chi connectivity index (χ0v) is 18.8. The maximum Gasteiger partial charge on any atom is 0.326 e. The van der Waals surface area contributed by atoms with Crippen LogP contribution in [0.5, 0.6) is 0 Å². The van der Waals surface area contributed by atoms with Crippen LogP contribution in [0.15, 0.2) is 4.99 Å². The Morgan fingerprint density at radius 1 is 0.829 bits per heavy atom. The average Bonchev–Trinajstić information content (AvgIpc) is 2.71. The molecule has 0 saturated carbocycles. The van der Waals surface area contributed by atoms with Gasteiger partial charge in [0.25, 0.3) is 0 Å². The lowest BCUT2D eigenvalue weighted by molar-refractivity contribution is -0.148. The number of rotatable bonds is 16. The van der Waals surface area contributed by atoms with Gasteiger partial charge < -0.3 is 53.6 Å². The molecule has 13 N–H and O–H groups in total. The molecule has 0 saturated heterocycles. The molecule has 5 atom stereocenters. The Hall–Kier alpha value is -3.99. The van der Waals surface area contributed by atoms with E-state index in [9.17, 15) is 33.9 Å². The number of aliphatic hydroxyl groups is 1. The van der Waals surface area contributed by atoms with Crippen LogP contribution in [0.2, 0.25) is 0 Å². The maximum absolute atomic E-state index is 12.8. The summed E-state index contributed by atoms with van der Waals surface area (Å²) in [5.41, 5.74) is 15.9. The molecule has 17 heteroatoms. The molecule has 0 bridgehead atoms. The Morgan fingerprint density at radius 3 is 1.83 bits per heavy atom. The van der Waals surface area contributed by atoms with Crippen molar-refractivity contribution in [2.24, 2.45) is 22.2 Å². The van der Waals surface area contributed by atoms with Crippen molar-refractivity contribution in [1.82, 2.24) is 16.0 Å². The summed E-state index contributed by atoms with van der Waals surface area (Å²) >= 11 is 0. The van der Waals surface area contributed by atoms with Crippen molar-refractivity contribution in [1.29, 1.82) is 0 Å². The van der Waals surface area contributed by atoms with Crippen molar-refractivity contribution in [3.8, 4) is 0 Å². The lowest BCUT2D eigenvalue weighted by Gasteiger charge is -2.26. The van der Waals surface area contributed by atoms with Gasteiger partial charge in [-0.1, -0.05) is 0 Å². The lowest BCUT2D eigenvalue weighted by Crippen LogP contribution is -2.60. The summed E-state index contributed by atoms with van der Waals surface area (Å²) in [4.78, 5) is 74.0. The normalized spacial score (nSPS) is 14.8. The number of aliphatic carboxylic acids is 3. The van der Waals surface area contributed by atoms with Crippen molar-refractivity contribution < 1.29 is 49.2 Å². The SMILES string of the molecule is CC(O)C(NC(=O)C(CCCN=C(N)N)NC(=O)C(N)CC(=O)O)C(=O)NC(CC(=O)O)C(=O)O.